The highest BCUT2D eigenvalue weighted by molar-refractivity contribution is 7.13. The van der Waals surface area contributed by atoms with Crippen LogP contribution in [0.4, 0.5) is 0 Å². The predicted octanol–water partition coefficient (Wildman–Crippen LogP) is 3.89. The number of carbonyl (C=O) groups excluding carboxylic acids is 1. The highest BCUT2D eigenvalue weighted by Gasteiger charge is 2.13. The number of rotatable bonds is 4. The van der Waals surface area contributed by atoms with Crippen LogP contribution in [0.2, 0.25) is 0 Å². The summed E-state index contributed by atoms with van der Waals surface area (Å²) in [5.74, 6) is 0.0951. The third-order valence-corrected chi connectivity index (χ3v) is 4.14. The smallest absolute Gasteiger partial charge is 0.263 e. The van der Waals surface area contributed by atoms with Crippen LogP contribution in [0.15, 0.2) is 36.4 Å². The first-order valence-corrected chi connectivity index (χ1v) is 7.31. The Morgan fingerprint density at radius 1 is 1.11 bits per heavy atom. The topological polar surface area (TPSA) is 20.3 Å². The molecule has 0 saturated carbocycles. The molecule has 100 valence electrons. The molecule has 0 aliphatic heterocycles. The molecule has 0 unspecified atom stereocenters. The summed E-state index contributed by atoms with van der Waals surface area (Å²) in [6.45, 7) is 4.81. The van der Waals surface area contributed by atoms with Crippen molar-refractivity contribution in [1.29, 1.82) is 0 Å². The van der Waals surface area contributed by atoms with Gasteiger partial charge in [-0.1, -0.05) is 31.2 Å². The second-order valence-electron chi connectivity index (χ2n) is 4.74. The number of aryl methyl sites for hydroxylation is 2. The molecule has 1 amide bonds. The lowest BCUT2D eigenvalue weighted by molar-refractivity contribution is 0.0790. The van der Waals surface area contributed by atoms with Crippen LogP contribution in [0, 0.1) is 6.92 Å². The number of benzene rings is 1. The van der Waals surface area contributed by atoms with E-state index in [1.165, 1.54) is 16.0 Å². The van der Waals surface area contributed by atoms with Gasteiger partial charge < -0.3 is 4.90 Å². The van der Waals surface area contributed by atoms with Gasteiger partial charge in [-0.2, -0.15) is 0 Å². The van der Waals surface area contributed by atoms with Gasteiger partial charge in [0, 0.05) is 18.5 Å². The van der Waals surface area contributed by atoms with Crippen molar-refractivity contribution in [1.82, 2.24) is 4.90 Å². The van der Waals surface area contributed by atoms with Gasteiger partial charge in [-0.15, -0.1) is 11.3 Å². The number of carbonyl (C=O) groups is 1. The summed E-state index contributed by atoms with van der Waals surface area (Å²) in [6, 6.07) is 12.3. The van der Waals surface area contributed by atoms with Gasteiger partial charge >= 0.3 is 0 Å². The molecule has 0 aliphatic carbocycles. The lowest BCUT2D eigenvalue weighted by Crippen LogP contribution is -2.25. The number of amides is 1. The Labute approximate surface area is 118 Å². The molecule has 2 nitrogen and oxygen atoms in total. The van der Waals surface area contributed by atoms with Crippen LogP contribution in [-0.2, 0) is 13.0 Å². The number of hydrogen-bond donors (Lipinski definition) is 0. The fourth-order valence-electron chi connectivity index (χ4n) is 1.96. The summed E-state index contributed by atoms with van der Waals surface area (Å²) in [5.41, 5.74) is 2.49. The van der Waals surface area contributed by atoms with Crippen molar-refractivity contribution >= 4 is 17.2 Å². The Hall–Kier alpha value is -1.61. The van der Waals surface area contributed by atoms with Crippen LogP contribution in [0.5, 0.6) is 0 Å². The summed E-state index contributed by atoms with van der Waals surface area (Å²) in [4.78, 5) is 16.0. The lowest BCUT2D eigenvalue weighted by Gasteiger charge is -2.16. The Kier molecular flexibility index (Phi) is 4.38. The molecule has 0 spiro atoms. The average Bonchev–Trinajstić information content (AvgIpc) is 2.85. The highest BCUT2D eigenvalue weighted by Crippen LogP contribution is 2.18. The van der Waals surface area contributed by atoms with E-state index in [1.807, 2.05) is 26.1 Å². The predicted molar refractivity (Wildman–Crippen MR) is 80.7 cm³/mol. The van der Waals surface area contributed by atoms with E-state index in [1.54, 1.807) is 16.2 Å². The fraction of sp³-hybridized carbons (Fsp3) is 0.312. The van der Waals surface area contributed by atoms with Crippen LogP contribution in [0.3, 0.4) is 0 Å². The number of thiophene rings is 1. The molecule has 0 radical (unpaired) electrons. The van der Waals surface area contributed by atoms with E-state index in [9.17, 15) is 4.79 Å². The SMILES string of the molecule is CCc1ccc(CN(C)C(=O)c2ccc(C)s2)cc1. The normalized spacial score (nSPS) is 10.5. The van der Waals surface area contributed by atoms with Gasteiger partial charge in [-0.3, -0.25) is 4.79 Å². The van der Waals surface area contributed by atoms with Gasteiger partial charge in [-0.05, 0) is 36.6 Å². The van der Waals surface area contributed by atoms with E-state index < -0.39 is 0 Å². The van der Waals surface area contributed by atoms with Crippen molar-refractivity contribution in [3.05, 3.63) is 57.3 Å². The standard InChI is InChI=1S/C16H19NOS/c1-4-13-6-8-14(9-7-13)11-17(3)16(18)15-10-5-12(2)19-15/h5-10H,4,11H2,1-3H3. The molecule has 0 aliphatic rings. The van der Waals surface area contributed by atoms with Crippen molar-refractivity contribution in [3.63, 3.8) is 0 Å². The third kappa shape index (κ3) is 3.44. The number of hydrogen-bond acceptors (Lipinski definition) is 2. The maximum atomic E-state index is 12.2. The first kappa shape index (κ1) is 13.8. The van der Waals surface area contributed by atoms with Crippen LogP contribution in [-0.4, -0.2) is 17.9 Å². The molecule has 19 heavy (non-hydrogen) atoms. The molecule has 3 heteroatoms. The van der Waals surface area contributed by atoms with E-state index in [0.29, 0.717) is 6.54 Å². The zero-order chi connectivity index (χ0) is 13.8. The Morgan fingerprint density at radius 3 is 2.26 bits per heavy atom. The van der Waals surface area contributed by atoms with E-state index in [-0.39, 0.29) is 5.91 Å². The second kappa shape index (κ2) is 6.02. The van der Waals surface area contributed by atoms with Gasteiger partial charge in [0.25, 0.3) is 5.91 Å². The van der Waals surface area contributed by atoms with Gasteiger partial charge in [0.15, 0.2) is 0 Å². The van der Waals surface area contributed by atoms with Crippen LogP contribution in [0.1, 0.15) is 32.6 Å². The molecule has 1 aromatic carbocycles. The van der Waals surface area contributed by atoms with Gasteiger partial charge in [-0.25, -0.2) is 0 Å². The largest absolute Gasteiger partial charge is 0.337 e. The molecule has 0 bridgehead atoms. The van der Waals surface area contributed by atoms with Crippen molar-refractivity contribution < 1.29 is 4.79 Å². The average molecular weight is 273 g/mol. The Balaban J connectivity index is 2.03. The van der Waals surface area contributed by atoms with E-state index in [0.717, 1.165) is 11.3 Å². The van der Waals surface area contributed by atoms with E-state index in [4.69, 9.17) is 0 Å². The third-order valence-electron chi connectivity index (χ3n) is 3.15. The molecular formula is C16H19NOS. The second-order valence-corrected chi connectivity index (χ2v) is 6.03. The van der Waals surface area contributed by atoms with Gasteiger partial charge in [0.1, 0.15) is 0 Å². The lowest BCUT2D eigenvalue weighted by atomic mass is 10.1. The first-order chi connectivity index (χ1) is 9.10. The van der Waals surface area contributed by atoms with Crippen molar-refractivity contribution in [3.8, 4) is 0 Å². The molecule has 0 N–H and O–H groups in total. The molecule has 0 saturated heterocycles. The van der Waals surface area contributed by atoms with E-state index in [2.05, 4.69) is 31.2 Å². The van der Waals surface area contributed by atoms with Crippen molar-refractivity contribution in [2.24, 2.45) is 0 Å². The molecule has 1 aromatic heterocycles. The maximum absolute atomic E-state index is 12.2. The molecule has 0 atom stereocenters. The molecule has 2 aromatic rings. The summed E-state index contributed by atoms with van der Waals surface area (Å²) in [5, 5.41) is 0. The molecule has 2 rings (SSSR count). The minimum absolute atomic E-state index is 0.0951. The van der Waals surface area contributed by atoms with Gasteiger partial charge in [0.2, 0.25) is 0 Å². The quantitative estimate of drug-likeness (QED) is 0.827. The van der Waals surface area contributed by atoms with Crippen molar-refractivity contribution in [2.75, 3.05) is 7.05 Å². The summed E-state index contributed by atoms with van der Waals surface area (Å²) in [7, 11) is 1.85. The van der Waals surface area contributed by atoms with Crippen LogP contribution < -0.4 is 0 Å². The fourth-order valence-corrected chi connectivity index (χ4v) is 2.83. The maximum Gasteiger partial charge on any atom is 0.263 e. The van der Waals surface area contributed by atoms with E-state index >= 15 is 0 Å². The molecule has 1 heterocycles. The monoisotopic (exact) mass is 273 g/mol. The minimum Gasteiger partial charge on any atom is -0.337 e. The minimum atomic E-state index is 0.0951. The van der Waals surface area contributed by atoms with Crippen molar-refractivity contribution in [2.45, 2.75) is 26.8 Å². The summed E-state index contributed by atoms with van der Waals surface area (Å²) < 4.78 is 0. The Morgan fingerprint density at radius 2 is 1.74 bits per heavy atom. The zero-order valence-corrected chi connectivity index (χ0v) is 12.5. The van der Waals surface area contributed by atoms with Crippen LogP contribution >= 0.6 is 11.3 Å². The molecule has 0 fully saturated rings. The highest BCUT2D eigenvalue weighted by atomic mass is 32.1. The van der Waals surface area contributed by atoms with Crippen LogP contribution in [0.25, 0.3) is 0 Å². The summed E-state index contributed by atoms with van der Waals surface area (Å²) in [6.07, 6.45) is 1.05. The summed E-state index contributed by atoms with van der Waals surface area (Å²) >= 11 is 1.55. The van der Waals surface area contributed by atoms with Gasteiger partial charge in [0.05, 0.1) is 4.88 Å². The Bertz CT molecular complexity index is 556. The number of nitrogens with zero attached hydrogens (tertiary/aromatic N) is 1. The zero-order valence-electron chi connectivity index (χ0n) is 11.6. The molecular weight excluding hydrogens is 254 g/mol. The first-order valence-electron chi connectivity index (χ1n) is 6.50.